The molecule has 0 fully saturated rings. The fraction of sp³-hybridized carbons (Fsp3) is 0.292. The van der Waals surface area contributed by atoms with Gasteiger partial charge in [-0.15, -0.1) is 0 Å². The molecule has 1 aliphatic rings. The molecule has 0 spiro atoms. The molecule has 0 radical (unpaired) electrons. The third kappa shape index (κ3) is 3.66. The highest BCUT2D eigenvalue weighted by Crippen LogP contribution is 2.39. The highest BCUT2D eigenvalue weighted by atomic mass is 16.2. The first-order chi connectivity index (χ1) is 16.3. The molecule has 0 saturated carbocycles. The molecular weight excluding hydrogens is 430 g/mol. The van der Waals surface area contributed by atoms with E-state index in [0.717, 1.165) is 28.1 Å². The van der Waals surface area contributed by atoms with E-state index in [2.05, 4.69) is 49.4 Å². The van der Waals surface area contributed by atoms with Crippen molar-refractivity contribution >= 4 is 51.6 Å². The minimum Gasteiger partial charge on any atom is -0.356 e. The van der Waals surface area contributed by atoms with E-state index in [4.69, 9.17) is 0 Å². The molecule has 4 heterocycles. The Labute approximate surface area is 197 Å². The first kappa shape index (κ1) is 21.6. The highest BCUT2D eigenvalue weighted by molar-refractivity contribution is 6.05. The van der Waals surface area contributed by atoms with Crippen molar-refractivity contribution in [2.24, 2.45) is 7.05 Å². The number of pyridine rings is 1. The van der Waals surface area contributed by atoms with Crippen LogP contribution in [0.15, 0.2) is 48.8 Å². The van der Waals surface area contributed by atoms with Gasteiger partial charge in [-0.3, -0.25) is 4.79 Å². The predicted octanol–water partition coefficient (Wildman–Crippen LogP) is 3.83. The fourth-order valence-electron chi connectivity index (χ4n) is 4.47. The quantitative estimate of drug-likeness (QED) is 0.466. The monoisotopic (exact) mass is 457 g/mol. The van der Waals surface area contributed by atoms with Gasteiger partial charge in [-0.05, 0) is 57.2 Å². The van der Waals surface area contributed by atoms with Gasteiger partial charge in [0.1, 0.15) is 11.9 Å². The van der Waals surface area contributed by atoms with E-state index in [1.165, 1.54) is 0 Å². The summed E-state index contributed by atoms with van der Waals surface area (Å²) in [4.78, 5) is 29.9. The van der Waals surface area contributed by atoms with Gasteiger partial charge < -0.3 is 20.4 Å². The van der Waals surface area contributed by atoms with Crippen molar-refractivity contribution in [1.29, 1.82) is 0 Å². The van der Waals surface area contributed by atoms with Crippen LogP contribution in [0.25, 0.3) is 11.0 Å². The summed E-state index contributed by atoms with van der Waals surface area (Å²) < 4.78 is 1.73. The number of anilines is 6. The number of rotatable bonds is 5. The Morgan fingerprint density at radius 2 is 1.82 bits per heavy atom. The number of nitrogens with one attached hydrogen (secondary N) is 2. The highest BCUT2D eigenvalue weighted by Gasteiger charge is 2.34. The summed E-state index contributed by atoms with van der Waals surface area (Å²) >= 11 is 0. The number of fused-ring (bicyclic) bond motifs is 2. The lowest BCUT2D eigenvalue weighted by atomic mass is 10.0. The SMILES string of the molecule is CC(C)N1c2cc(Nc3nccc(Nc4nn(C)c5ncccc45)n3)ccc2N(C)C(=O)C1C. The van der Waals surface area contributed by atoms with Crippen LogP contribution in [-0.2, 0) is 11.8 Å². The largest absolute Gasteiger partial charge is 0.356 e. The number of hydrogen-bond donors (Lipinski definition) is 2. The van der Waals surface area contributed by atoms with E-state index in [-0.39, 0.29) is 18.0 Å². The molecule has 1 atom stereocenters. The fourth-order valence-corrected chi connectivity index (χ4v) is 4.47. The van der Waals surface area contributed by atoms with Crippen LogP contribution in [0.4, 0.5) is 34.6 Å². The number of likely N-dealkylation sites (N-methyl/N-ethyl adjacent to an activating group) is 1. The lowest BCUT2D eigenvalue weighted by Gasteiger charge is -2.42. The Morgan fingerprint density at radius 1 is 1.00 bits per heavy atom. The molecule has 3 aromatic heterocycles. The lowest BCUT2D eigenvalue weighted by Crippen LogP contribution is -2.53. The summed E-state index contributed by atoms with van der Waals surface area (Å²) in [6.07, 6.45) is 3.43. The molecule has 0 aliphatic carbocycles. The first-order valence-electron chi connectivity index (χ1n) is 11.2. The van der Waals surface area contributed by atoms with Crippen molar-refractivity contribution < 1.29 is 4.79 Å². The summed E-state index contributed by atoms with van der Waals surface area (Å²) in [5.41, 5.74) is 3.51. The number of nitrogens with zero attached hydrogens (tertiary/aromatic N) is 7. The summed E-state index contributed by atoms with van der Waals surface area (Å²) in [6, 6.07) is 11.5. The lowest BCUT2D eigenvalue weighted by molar-refractivity contribution is -0.119. The predicted molar refractivity (Wildman–Crippen MR) is 134 cm³/mol. The number of hydrogen-bond acceptors (Lipinski definition) is 8. The molecule has 0 bridgehead atoms. The number of benzene rings is 1. The molecule has 10 nitrogen and oxygen atoms in total. The molecule has 4 aromatic rings. The number of carbonyl (C=O) groups is 1. The van der Waals surface area contributed by atoms with Crippen LogP contribution in [0.5, 0.6) is 0 Å². The summed E-state index contributed by atoms with van der Waals surface area (Å²) in [5, 5.41) is 12.0. The summed E-state index contributed by atoms with van der Waals surface area (Å²) in [6.45, 7) is 6.12. The maximum Gasteiger partial charge on any atom is 0.249 e. The number of carbonyl (C=O) groups excluding carboxylic acids is 1. The zero-order valence-corrected chi connectivity index (χ0v) is 19.8. The van der Waals surface area contributed by atoms with E-state index in [1.54, 1.807) is 28.0 Å². The normalized spacial score (nSPS) is 15.7. The van der Waals surface area contributed by atoms with E-state index in [0.29, 0.717) is 17.6 Å². The third-order valence-corrected chi connectivity index (χ3v) is 6.03. The van der Waals surface area contributed by atoms with Gasteiger partial charge in [-0.25, -0.2) is 14.6 Å². The molecule has 34 heavy (non-hydrogen) atoms. The van der Waals surface area contributed by atoms with Gasteiger partial charge in [0.25, 0.3) is 0 Å². The molecule has 10 heteroatoms. The second-order valence-corrected chi connectivity index (χ2v) is 8.64. The van der Waals surface area contributed by atoms with Crippen LogP contribution >= 0.6 is 0 Å². The molecule has 174 valence electrons. The van der Waals surface area contributed by atoms with Crippen LogP contribution < -0.4 is 20.4 Å². The molecule has 1 unspecified atom stereocenters. The Hall–Kier alpha value is -4.21. The van der Waals surface area contributed by atoms with Crippen LogP contribution in [0.1, 0.15) is 20.8 Å². The van der Waals surface area contributed by atoms with Crippen LogP contribution in [0.3, 0.4) is 0 Å². The Morgan fingerprint density at radius 3 is 2.62 bits per heavy atom. The zero-order valence-electron chi connectivity index (χ0n) is 19.8. The van der Waals surface area contributed by atoms with Crippen molar-refractivity contribution in [2.75, 3.05) is 27.5 Å². The van der Waals surface area contributed by atoms with Gasteiger partial charge in [0.05, 0.1) is 16.8 Å². The van der Waals surface area contributed by atoms with Crippen LogP contribution in [0, 0.1) is 0 Å². The van der Waals surface area contributed by atoms with Crippen LogP contribution in [-0.4, -0.2) is 49.8 Å². The average Bonchev–Trinajstić information content (AvgIpc) is 3.13. The zero-order chi connectivity index (χ0) is 24.0. The summed E-state index contributed by atoms with van der Waals surface area (Å²) in [5.74, 6) is 1.83. The number of aryl methyl sites for hydroxylation is 1. The average molecular weight is 458 g/mol. The smallest absolute Gasteiger partial charge is 0.249 e. The van der Waals surface area contributed by atoms with Crippen molar-refractivity contribution in [3.8, 4) is 0 Å². The second-order valence-electron chi connectivity index (χ2n) is 8.64. The molecular formula is C24H27N9O. The van der Waals surface area contributed by atoms with Gasteiger partial charge in [-0.1, -0.05) is 0 Å². The minimum absolute atomic E-state index is 0.0845. The second kappa shape index (κ2) is 8.29. The maximum atomic E-state index is 12.7. The third-order valence-electron chi connectivity index (χ3n) is 6.03. The molecule has 1 aliphatic heterocycles. The van der Waals surface area contributed by atoms with Gasteiger partial charge in [0, 0.05) is 38.2 Å². The van der Waals surface area contributed by atoms with E-state index in [9.17, 15) is 4.79 Å². The molecule has 5 rings (SSSR count). The Balaban J connectivity index is 1.43. The molecule has 1 aromatic carbocycles. The van der Waals surface area contributed by atoms with Gasteiger partial charge >= 0.3 is 0 Å². The van der Waals surface area contributed by atoms with E-state index in [1.807, 2.05) is 51.4 Å². The van der Waals surface area contributed by atoms with E-state index >= 15 is 0 Å². The Kier molecular flexibility index (Phi) is 5.27. The van der Waals surface area contributed by atoms with Gasteiger partial charge in [-0.2, -0.15) is 10.1 Å². The van der Waals surface area contributed by atoms with Crippen molar-refractivity contribution in [3.63, 3.8) is 0 Å². The Bertz CT molecular complexity index is 1380. The number of amides is 1. The summed E-state index contributed by atoms with van der Waals surface area (Å²) in [7, 11) is 3.67. The molecule has 2 N–H and O–H groups in total. The van der Waals surface area contributed by atoms with Crippen LogP contribution in [0.2, 0.25) is 0 Å². The standard InChI is InChI=1S/C24H27N9O/c1-14(2)33-15(3)23(34)31(4)18-9-8-16(13-19(18)33)27-24-26-12-10-20(29-24)28-21-17-7-6-11-25-22(17)32(5)30-21/h6-15H,1-5H3,(H2,26,27,28,29,30). The van der Waals surface area contributed by atoms with Crippen molar-refractivity contribution in [3.05, 3.63) is 48.8 Å². The molecule has 0 saturated heterocycles. The van der Waals surface area contributed by atoms with Gasteiger partial charge in [0.15, 0.2) is 11.5 Å². The maximum absolute atomic E-state index is 12.7. The van der Waals surface area contributed by atoms with Crippen molar-refractivity contribution in [1.82, 2.24) is 24.7 Å². The molecule has 1 amide bonds. The van der Waals surface area contributed by atoms with Crippen molar-refractivity contribution in [2.45, 2.75) is 32.9 Å². The number of aromatic nitrogens is 5. The van der Waals surface area contributed by atoms with E-state index < -0.39 is 0 Å². The van der Waals surface area contributed by atoms with Gasteiger partial charge in [0.2, 0.25) is 11.9 Å². The first-order valence-corrected chi connectivity index (χ1v) is 11.2. The topological polar surface area (TPSA) is 104 Å². The minimum atomic E-state index is -0.237.